The van der Waals surface area contributed by atoms with Gasteiger partial charge in [0.15, 0.2) is 23.2 Å². The molecule has 3 rings (SSSR count). The Morgan fingerprint density at radius 1 is 1.38 bits per heavy atom. The molecule has 26 heavy (non-hydrogen) atoms. The number of ether oxygens (including phenoxy) is 1. The van der Waals surface area contributed by atoms with Gasteiger partial charge in [-0.3, -0.25) is 9.36 Å². The van der Waals surface area contributed by atoms with Crippen molar-refractivity contribution < 1.29 is 24.9 Å². The summed E-state index contributed by atoms with van der Waals surface area (Å²) < 4.78 is 6.88. The summed E-state index contributed by atoms with van der Waals surface area (Å²) in [7, 11) is 0. The molecule has 2 aromatic rings. The van der Waals surface area contributed by atoms with Crippen LogP contribution in [0.15, 0.2) is 12.7 Å². The molecule has 1 aliphatic heterocycles. The molecule has 1 fully saturated rings. The number of imidazole rings is 1. The number of anilines is 1. The van der Waals surface area contributed by atoms with Crippen LogP contribution in [0, 0.1) is 0 Å². The molecule has 142 valence electrons. The van der Waals surface area contributed by atoms with Crippen LogP contribution in [0.2, 0.25) is 0 Å². The molecule has 1 amide bonds. The lowest BCUT2D eigenvalue weighted by Gasteiger charge is -2.16. The molecule has 1 saturated heterocycles. The normalized spacial score (nSPS) is 27.0. The van der Waals surface area contributed by atoms with Crippen molar-refractivity contribution in [2.75, 3.05) is 17.7 Å². The minimum Gasteiger partial charge on any atom is -0.394 e. The standard InChI is InChI=1S/C14H20N6O5S/c15-6(1-2-26)13(24)19-11-8-12(17-4-16-11)20(5-18-8)14-10(23)9(22)7(3-21)25-14/h4-7,9-10,14,21-23,26H,1-3,15H2,(H,16,17,19,24)/t6?,7-,9-,10-,14?/m1/s1. The third kappa shape index (κ3) is 3.39. The monoisotopic (exact) mass is 384 g/mol. The number of fused-ring (bicyclic) bond motifs is 1. The van der Waals surface area contributed by atoms with E-state index in [9.17, 15) is 20.1 Å². The quantitative estimate of drug-likeness (QED) is 0.309. The van der Waals surface area contributed by atoms with Gasteiger partial charge in [-0.1, -0.05) is 0 Å². The number of thiol groups is 1. The molecule has 5 atom stereocenters. The zero-order valence-electron chi connectivity index (χ0n) is 13.6. The Hall–Kier alpha value is -1.83. The van der Waals surface area contributed by atoms with E-state index in [4.69, 9.17) is 10.5 Å². The summed E-state index contributed by atoms with van der Waals surface area (Å²) in [5.74, 6) is 0.204. The van der Waals surface area contributed by atoms with Gasteiger partial charge in [-0.2, -0.15) is 12.6 Å². The van der Waals surface area contributed by atoms with Gasteiger partial charge in [0, 0.05) is 0 Å². The number of nitrogens with zero attached hydrogens (tertiary/aromatic N) is 4. The number of hydrogen-bond acceptors (Lipinski definition) is 10. The first-order valence-electron chi connectivity index (χ1n) is 7.95. The highest BCUT2D eigenvalue weighted by molar-refractivity contribution is 7.80. The lowest BCUT2D eigenvalue weighted by atomic mass is 10.1. The molecular formula is C14H20N6O5S. The average molecular weight is 384 g/mol. The van der Waals surface area contributed by atoms with Crippen LogP contribution < -0.4 is 11.1 Å². The van der Waals surface area contributed by atoms with Gasteiger partial charge < -0.3 is 31.1 Å². The van der Waals surface area contributed by atoms with Crippen molar-refractivity contribution in [2.45, 2.75) is 37.0 Å². The second kappa shape index (κ2) is 7.82. The second-order valence-corrected chi connectivity index (χ2v) is 6.33. The molecule has 11 nitrogen and oxygen atoms in total. The molecule has 1 aliphatic rings. The third-order valence-corrected chi connectivity index (χ3v) is 4.43. The Morgan fingerprint density at radius 3 is 2.81 bits per heavy atom. The number of nitrogens with one attached hydrogen (secondary N) is 1. The fraction of sp³-hybridized carbons (Fsp3) is 0.571. The van der Waals surface area contributed by atoms with Gasteiger partial charge in [0.1, 0.15) is 24.6 Å². The lowest BCUT2D eigenvalue weighted by molar-refractivity contribution is -0.117. The highest BCUT2D eigenvalue weighted by atomic mass is 32.1. The number of nitrogens with two attached hydrogens (primary N) is 1. The largest absolute Gasteiger partial charge is 0.394 e. The summed E-state index contributed by atoms with van der Waals surface area (Å²) in [6.07, 6.45) is -1.46. The number of aliphatic hydroxyl groups excluding tert-OH is 3. The van der Waals surface area contributed by atoms with E-state index in [1.165, 1.54) is 17.2 Å². The van der Waals surface area contributed by atoms with Gasteiger partial charge >= 0.3 is 0 Å². The van der Waals surface area contributed by atoms with Gasteiger partial charge in [0.2, 0.25) is 5.91 Å². The Kier molecular flexibility index (Phi) is 5.70. The van der Waals surface area contributed by atoms with Crippen LogP contribution in [0.25, 0.3) is 11.2 Å². The van der Waals surface area contributed by atoms with E-state index >= 15 is 0 Å². The van der Waals surface area contributed by atoms with Crippen molar-refractivity contribution in [3.63, 3.8) is 0 Å². The number of carbonyl (C=O) groups excluding carboxylic acids is 1. The van der Waals surface area contributed by atoms with E-state index in [0.29, 0.717) is 12.2 Å². The maximum atomic E-state index is 12.1. The van der Waals surface area contributed by atoms with Crippen molar-refractivity contribution >= 4 is 35.5 Å². The Labute approximate surface area is 153 Å². The van der Waals surface area contributed by atoms with Crippen LogP contribution in [-0.4, -0.2) is 77.5 Å². The number of aromatic nitrogens is 4. The topological polar surface area (TPSA) is 169 Å². The summed E-state index contributed by atoms with van der Waals surface area (Å²) in [5, 5.41) is 31.9. The molecule has 0 aromatic carbocycles. The molecule has 0 spiro atoms. The molecule has 2 aromatic heterocycles. The van der Waals surface area contributed by atoms with E-state index in [1.54, 1.807) is 0 Å². The number of hydrogen-bond donors (Lipinski definition) is 6. The lowest BCUT2D eigenvalue weighted by Crippen LogP contribution is -2.36. The number of amides is 1. The molecule has 0 bridgehead atoms. The van der Waals surface area contributed by atoms with Crippen molar-refractivity contribution in [1.29, 1.82) is 0 Å². The first kappa shape index (κ1) is 18.9. The van der Waals surface area contributed by atoms with E-state index in [0.717, 1.165) is 0 Å². The van der Waals surface area contributed by atoms with Gasteiger partial charge in [0.05, 0.1) is 19.0 Å². The zero-order valence-corrected chi connectivity index (χ0v) is 14.5. The first-order valence-corrected chi connectivity index (χ1v) is 8.58. The fourth-order valence-corrected chi connectivity index (χ4v) is 3.00. The fourth-order valence-electron chi connectivity index (χ4n) is 2.72. The molecule has 6 N–H and O–H groups in total. The first-order chi connectivity index (χ1) is 12.5. The third-order valence-electron chi connectivity index (χ3n) is 4.17. The van der Waals surface area contributed by atoms with Crippen molar-refractivity contribution in [3.8, 4) is 0 Å². The molecule has 0 radical (unpaired) electrons. The van der Waals surface area contributed by atoms with E-state index in [-0.39, 0.29) is 17.0 Å². The highest BCUT2D eigenvalue weighted by Crippen LogP contribution is 2.32. The summed E-state index contributed by atoms with van der Waals surface area (Å²) in [5.41, 5.74) is 6.31. The SMILES string of the molecule is NC(CCS)C(=O)Nc1ncnc2c1ncn2C1O[C@H](CO)[C@@H](O)[C@H]1O. The molecule has 2 unspecified atom stereocenters. The Morgan fingerprint density at radius 2 is 2.15 bits per heavy atom. The predicted octanol–water partition coefficient (Wildman–Crippen LogP) is -1.98. The highest BCUT2D eigenvalue weighted by Gasteiger charge is 2.44. The van der Waals surface area contributed by atoms with Gasteiger partial charge in [-0.15, -0.1) is 0 Å². The second-order valence-electron chi connectivity index (χ2n) is 5.88. The zero-order chi connectivity index (χ0) is 18.8. The van der Waals surface area contributed by atoms with Crippen LogP contribution in [0.3, 0.4) is 0 Å². The van der Waals surface area contributed by atoms with E-state index in [2.05, 4.69) is 32.9 Å². The minimum atomic E-state index is -1.28. The summed E-state index contributed by atoms with van der Waals surface area (Å²) >= 11 is 4.05. The number of carbonyl (C=O) groups is 1. The maximum Gasteiger partial charge on any atom is 0.242 e. The molecular weight excluding hydrogens is 364 g/mol. The maximum absolute atomic E-state index is 12.1. The van der Waals surface area contributed by atoms with Crippen LogP contribution >= 0.6 is 12.6 Å². The summed E-state index contributed by atoms with van der Waals surface area (Å²) in [4.78, 5) is 24.4. The van der Waals surface area contributed by atoms with Gasteiger partial charge in [-0.25, -0.2) is 15.0 Å². The summed E-state index contributed by atoms with van der Waals surface area (Å²) in [6.45, 7) is -0.444. The van der Waals surface area contributed by atoms with Crippen LogP contribution in [0.5, 0.6) is 0 Å². The Balaban J connectivity index is 1.89. The molecule has 0 saturated carbocycles. The van der Waals surface area contributed by atoms with Crippen LogP contribution in [0.4, 0.5) is 5.82 Å². The molecule has 12 heteroatoms. The predicted molar refractivity (Wildman–Crippen MR) is 93.4 cm³/mol. The van der Waals surface area contributed by atoms with Crippen LogP contribution in [0.1, 0.15) is 12.6 Å². The smallest absolute Gasteiger partial charge is 0.242 e. The van der Waals surface area contributed by atoms with E-state index < -0.39 is 43.1 Å². The minimum absolute atomic E-state index is 0.167. The molecule has 0 aliphatic carbocycles. The number of rotatable bonds is 6. The van der Waals surface area contributed by atoms with Crippen molar-refractivity contribution in [1.82, 2.24) is 19.5 Å². The van der Waals surface area contributed by atoms with Gasteiger partial charge in [0.25, 0.3) is 0 Å². The van der Waals surface area contributed by atoms with E-state index in [1.807, 2.05) is 0 Å². The Bertz CT molecular complexity index is 788. The number of aliphatic hydroxyl groups is 3. The summed E-state index contributed by atoms with van der Waals surface area (Å²) in [6, 6.07) is -0.736. The molecule has 3 heterocycles. The average Bonchev–Trinajstić information content (AvgIpc) is 3.18. The van der Waals surface area contributed by atoms with Crippen molar-refractivity contribution in [3.05, 3.63) is 12.7 Å². The van der Waals surface area contributed by atoms with Crippen LogP contribution in [-0.2, 0) is 9.53 Å². The van der Waals surface area contributed by atoms with Crippen molar-refractivity contribution in [2.24, 2.45) is 5.73 Å². The van der Waals surface area contributed by atoms with Gasteiger partial charge in [-0.05, 0) is 12.2 Å².